The number of hydrogen-bond acceptors (Lipinski definition) is 2. The van der Waals surface area contributed by atoms with E-state index in [9.17, 15) is 0 Å². The molecule has 14 heavy (non-hydrogen) atoms. The van der Waals surface area contributed by atoms with Gasteiger partial charge in [0.15, 0.2) is 0 Å². The van der Waals surface area contributed by atoms with E-state index in [2.05, 4.69) is 0 Å². The summed E-state index contributed by atoms with van der Waals surface area (Å²) in [5.41, 5.74) is 7.55. The minimum absolute atomic E-state index is 0.658. The molecular formula is C11H10ClNO. The number of rotatable bonds is 2. The normalized spacial score (nSPS) is 10.4. The Hall–Kier alpha value is -1.41. The van der Waals surface area contributed by atoms with Crippen molar-refractivity contribution in [3.8, 4) is 0 Å². The largest absolute Gasteiger partial charge is 0.469 e. The van der Waals surface area contributed by atoms with Crippen molar-refractivity contribution >= 4 is 17.3 Å². The summed E-state index contributed by atoms with van der Waals surface area (Å²) in [5, 5.41) is 0.658. The molecule has 2 nitrogen and oxygen atoms in total. The van der Waals surface area contributed by atoms with Crippen LogP contribution in [0, 0.1) is 0 Å². The Balaban J connectivity index is 2.25. The van der Waals surface area contributed by atoms with Crippen molar-refractivity contribution in [2.24, 2.45) is 0 Å². The zero-order valence-corrected chi connectivity index (χ0v) is 8.29. The van der Waals surface area contributed by atoms with Gasteiger partial charge in [0.1, 0.15) is 5.76 Å². The quantitative estimate of drug-likeness (QED) is 0.769. The van der Waals surface area contributed by atoms with Crippen LogP contribution in [0.5, 0.6) is 0 Å². The molecule has 0 aliphatic rings. The first-order valence-electron chi connectivity index (χ1n) is 4.32. The molecule has 0 aliphatic carbocycles. The van der Waals surface area contributed by atoms with Crippen LogP contribution >= 0.6 is 11.6 Å². The van der Waals surface area contributed by atoms with Gasteiger partial charge in [-0.15, -0.1) is 0 Å². The third-order valence-corrected chi connectivity index (χ3v) is 2.29. The molecule has 0 fully saturated rings. The number of nitrogen functional groups attached to an aromatic ring is 1. The fourth-order valence-electron chi connectivity index (χ4n) is 1.33. The van der Waals surface area contributed by atoms with E-state index >= 15 is 0 Å². The van der Waals surface area contributed by atoms with Crippen molar-refractivity contribution in [2.75, 3.05) is 5.73 Å². The summed E-state index contributed by atoms with van der Waals surface area (Å²) in [7, 11) is 0. The molecule has 2 N–H and O–H groups in total. The summed E-state index contributed by atoms with van der Waals surface area (Å²) < 4.78 is 5.23. The van der Waals surface area contributed by atoms with Gasteiger partial charge in [0.25, 0.3) is 0 Å². The molecule has 0 atom stereocenters. The lowest BCUT2D eigenvalue weighted by atomic mass is 10.1. The highest BCUT2D eigenvalue weighted by atomic mass is 35.5. The van der Waals surface area contributed by atoms with Crippen LogP contribution in [-0.4, -0.2) is 0 Å². The molecule has 0 saturated heterocycles. The maximum absolute atomic E-state index is 5.81. The van der Waals surface area contributed by atoms with Crippen molar-refractivity contribution in [1.29, 1.82) is 0 Å². The van der Waals surface area contributed by atoms with E-state index in [0.717, 1.165) is 11.3 Å². The predicted octanol–water partition coefficient (Wildman–Crippen LogP) is 3.11. The van der Waals surface area contributed by atoms with E-state index in [0.29, 0.717) is 17.1 Å². The number of nitrogens with two attached hydrogens (primary N) is 1. The number of halogens is 1. The van der Waals surface area contributed by atoms with E-state index in [1.165, 1.54) is 0 Å². The molecule has 72 valence electrons. The third kappa shape index (κ3) is 1.91. The number of benzene rings is 1. The Morgan fingerprint density at radius 3 is 2.79 bits per heavy atom. The lowest BCUT2D eigenvalue weighted by Crippen LogP contribution is -1.94. The molecule has 0 spiro atoms. The molecule has 0 radical (unpaired) electrons. The van der Waals surface area contributed by atoms with Crippen molar-refractivity contribution in [3.05, 3.63) is 52.9 Å². The second-order valence-electron chi connectivity index (χ2n) is 3.10. The first-order valence-corrected chi connectivity index (χ1v) is 4.70. The predicted molar refractivity (Wildman–Crippen MR) is 57.4 cm³/mol. The van der Waals surface area contributed by atoms with Crippen molar-refractivity contribution in [2.45, 2.75) is 6.42 Å². The van der Waals surface area contributed by atoms with Crippen LogP contribution in [0.15, 0.2) is 41.0 Å². The summed E-state index contributed by atoms with van der Waals surface area (Å²) in [6.45, 7) is 0. The highest BCUT2D eigenvalue weighted by molar-refractivity contribution is 6.30. The third-order valence-electron chi connectivity index (χ3n) is 2.05. The smallest absolute Gasteiger partial charge is 0.108 e. The summed E-state index contributed by atoms with van der Waals surface area (Å²) in [6, 6.07) is 9.28. The van der Waals surface area contributed by atoms with Crippen LogP contribution in [-0.2, 0) is 6.42 Å². The zero-order valence-electron chi connectivity index (χ0n) is 7.53. The number of anilines is 1. The molecule has 2 rings (SSSR count). The minimum Gasteiger partial charge on any atom is -0.469 e. The van der Waals surface area contributed by atoms with Crippen LogP contribution in [0.25, 0.3) is 0 Å². The first kappa shape index (κ1) is 9.16. The fraction of sp³-hybridized carbons (Fsp3) is 0.0909. The van der Waals surface area contributed by atoms with Gasteiger partial charge in [-0.1, -0.05) is 17.7 Å². The molecule has 0 aliphatic heterocycles. The van der Waals surface area contributed by atoms with E-state index in [4.69, 9.17) is 21.8 Å². The average molecular weight is 208 g/mol. The fourth-order valence-corrected chi connectivity index (χ4v) is 1.51. The molecule has 1 aromatic carbocycles. The molecular weight excluding hydrogens is 198 g/mol. The van der Waals surface area contributed by atoms with E-state index in [1.54, 1.807) is 12.3 Å². The Morgan fingerprint density at radius 1 is 1.29 bits per heavy atom. The van der Waals surface area contributed by atoms with Gasteiger partial charge in [-0.05, 0) is 29.8 Å². The van der Waals surface area contributed by atoms with Crippen molar-refractivity contribution in [3.63, 3.8) is 0 Å². The average Bonchev–Trinajstić information content (AvgIpc) is 2.62. The Kier molecular flexibility index (Phi) is 2.46. The molecule has 0 bridgehead atoms. The lowest BCUT2D eigenvalue weighted by molar-refractivity contribution is 0.521. The standard InChI is InChI=1S/C11H10ClNO/c12-9-4-3-8(11(13)7-9)6-10-2-1-5-14-10/h1-5,7H,6,13H2. The maximum Gasteiger partial charge on any atom is 0.108 e. The molecule has 1 aromatic heterocycles. The van der Waals surface area contributed by atoms with Crippen LogP contribution in [0.4, 0.5) is 5.69 Å². The molecule has 0 saturated carbocycles. The molecule has 0 amide bonds. The lowest BCUT2D eigenvalue weighted by Gasteiger charge is -2.03. The van der Waals surface area contributed by atoms with Crippen LogP contribution in [0.3, 0.4) is 0 Å². The van der Waals surface area contributed by atoms with Crippen molar-refractivity contribution < 1.29 is 4.42 Å². The monoisotopic (exact) mass is 207 g/mol. The topological polar surface area (TPSA) is 39.2 Å². The summed E-state index contributed by atoms with van der Waals surface area (Å²) in [4.78, 5) is 0. The second kappa shape index (κ2) is 3.76. The summed E-state index contributed by atoms with van der Waals surface area (Å²) in [6.07, 6.45) is 2.36. The molecule has 0 unspecified atom stereocenters. The minimum atomic E-state index is 0.658. The molecule has 2 aromatic rings. The Labute approximate surface area is 87.3 Å². The van der Waals surface area contributed by atoms with E-state index < -0.39 is 0 Å². The van der Waals surface area contributed by atoms with Gasteiger partial charge in [-0.3, -0.25) is 0 Å². The van der Waals surface area contributed by atoms with E-state index in [1.807, 2.05) is 24.3 Å². The van der Waals surface area contributed by atoms with Gasteiger partial charge in [0.2, 0.25) is 0 Å². The number of hydrogen-bond donors (Lipinski definition) is 1. The summed E-state index contributed by atoms with van der Waals surface area (Å²) in [5.74, 6) is 0.902. The second-order valence-corrected chi connectivity index (χ2v) is 3.54. The zero-order chi connectivity index (χ0) is 9.97. The SMILES string of the molecule is Nc1cc(Cl)ccc1Cc1ccco1. The molecule has 3 heteroatoms. The van der Waals surface area contributed by atoms with Gasteiger partial charge in [-0.25, -0.2) is 0 Å². The molecule has 1 heterocycles. The Morgan fingerprint density at radius 2 is 2.14 bits per heavy atom. The van der Waals surface area contributed by atoms with Crippen LogP contribution in [0.2, 0.25) is 5.02 Å². The highest BCUT2D eigenvalue weighted by Crippen LogP contribution is 2.20. The van der Waals surface area contributed by atoms with Crippen LogP contribution < -0.4 is 5.73 Å². The Bertz CT molecular complexity index is 423. The number of furan rings is 1. The van der Waals surface area contributed by atoms with Gasteiger partial charge < -0.3 is 10.2 Å². The van der Waals surface area contributed by atoms with Gasteiger partial charge in [-0.2, -0.15) is 0 Å². The van der Waals surface area contributed by atoms with Gasteiger partial charge >= 0.3 is 0 Å². The van der Waals surface area contributed by atoms with Crippen molar-refractivity contribution in [1.82, 2.24) is 0 Å². The van der Waals surface area contributed by atoms with Crippen LogP contribution in [0.1, 0.15) is 11.3 Å². The highest BCUT2D eigenvalue weighted by Gasteiger charge is 2.03. The first-order chi connectivity index (χ1) is 6.75. The van der Waals surface area contributed by atoms with E-state index in [-0.39, 0.29) is 0 Å². The van der Waals surface area contributed by atoms with Gasteiger partial charge in [0.05, 0.1) is 6.26 Å². The summed E-state index contributed by atoms with van der Waals surface area (Å²) >= 11 is 5.80. The maximum atomic E-state index is 5.81. The van der Waals surface area contributed by atoms with Gasteiger partial charge in [0, 0.05) is 17.1 Å².